The van der Waals surface area contributed by atoms with Gasteiger partial charge in [-0.3, -0.25) is 4.98 Å². The van der Waals surface area contributed by atoms with Crippen LogP contribution in [0.3, 0.4) is 0 Å². The largest absolute Gasteiger partial charge is 0.495 e. The number of methoxy groups -OCH3 is 1. The minimum atomic E-state index is 0.386. The smallest absolute Gasteiger partial charge is 0.144 e. The number of nitrogens with zero attached hydrogens (tertiary/aromatic N) is 3. The molecule has 3 rings (SSSR count). The number of nitrogens with one attached hydrogen (secondary N) is 1. The molecule has 2 aromatic rings. The fraction of sp³-hybridized carbons (Fsp3) is 0.333. The van der Waals surface area contributed by atoms with Crippen molar-refractivity contribution < 1.29 is 4.74 Å². The summed E-state index contributed by atoms with van der Waals surface area (Å²) in [5.41, 5.74) is 1.15. The van der Waals surface area contributed by atoms with E-state index in [1.54, 1.807) is 25.7 Å². The molecule has 1 aromatic carbocycles. The Morgan fingerprint density at radius 2 is 2.20 bits per heavy atom. The molecule has 1 atom stereocenters. The second-order valence-electron chi connectivity index (χ2n) is 4.84. The van der Waals surface area contributed by atoms with E-state index < -0.39 is 0 Å². The van der Waals surface area contributed by atoms with Gasteiger partial charge in [0, 0.05) is 31.5 Å². The molecule has 1 fully saturated rings. The van der Waals surface area contributed by atoms with E-state index >= 15 is 0 Å². The van der Waals surface area contributed by atoms with Gasteiger partial charge in [0.05, 0.1) is 19.0 Å². The summed E-state index contributed by atoms with van der Waals surface area (Å²) in [6, 6.07) is 8.52. The van der Waals surface area contributed by atoms with Crippen molar-refractivity contribution in [1.82, 2.24) is 9.97 Å². The lowest BCUT2D eigenvalue weighted by Crippen LogP contribution is -2.26. The molecule has 5 nitrogen and oxygen atoms in total. The van der Waals surface area contributed by atoms with Crippen molar-refractivity contribution in [1.29, 1.82) is 0 Å². The first-order valence-electron chi connectivity index (χ1n) is 6.77. The fourth-order valence-electron chi connectivity index (χ4n) is 2.57. The third kappa shape index (κ3) is 2.66. The molecule has 2 heterocycles. The van der Waals surface area contributed by atoms with Gasteiger partial charge < -0.3 is 15.0 Å². The molecule has 0 spiro atoms. The second kappa shape index (κ2) is 5.77. The second-order valence-corrected chi connectivity index (χ2v) is 4.84. The van der Waals surface area contributed by atoms with Gasteiger partial charge in [-0.25, -0.2) is 4.98 Å². The van der Waals surface area contributed by atoms with E-state index in [9.17, 15) is 0 Å². The molecule has 0 amide bonds. The highest BCUT2D eigenvalue weighted by molar-refractivity contribution is 5.59. The van der Waals surface area contributed by atoms with Crippen LogP contribution in [-0.4, -0.2) is 36.2 Å². The third-order valence-corrected chi connectivity index (χ3v) is 3.53. The molecule has 0 bridgehead atoms. The first kappa shape index (κ1) is 12.7. The minimum Gasteiger partial charge on any atom is -0.495 e. The number of aromatic nitrogens is 2. The number of hydrogen-bond donors (Lipinski definition) is 1. The van der Waals surface area contributed by atoms with Crippen LogP contribution in [0.4, 0.5) is 11.5 Å². The molecule has 1 aromatic heterocycles. The zero-order valence-corrected chi connectivity index (χ0v) is 11.5. The van der Waals surface area contributed by atoms with Crippen LogP contribution in [0, 0.1) is 0 Å². The highest BCUT2D eigenvalue weighted by Gasteiger charge is 2.24. The lowest BCUT2D eigenvalue weighted by atomic mass is 10.2. The molecule has 104 valence electrons. The van der Waals surface area contributed by atoms with Crippen molar-refractivity contribution >= 4 is 11.5 Å². The Bertz CT molecular complexity index is 561. The summed E-state index contributed by atoms with van der Waals surface area (Å²) in [5, 5.41) is 3.42. The highest BCUT2D eigenvalue weighted by Crippen LogP contribution is 2.30. The summed E-state index contributed by atoms with van der Waals surface area (Å²) in [6.45, 7) is 1.95. The molecule has 1 aliphatic rings. The standard InChI is InChI=1S/C15H18N4O/c1-20-14-5-3-2-4-13(14)19-9-6-12(11-19)18-15-10-16-7-8-17-15/h2-5,7-8,10,12H,6,9,11H2,1H3,(H,17,18)/t12-/m1/s1. The van der Waals surface area contributed by atoms with Gasteiger partial charge in [0.2, 0.25) is 0 Å². The Hall–Kier alpha value is -2.30. The number of hydrogen-bond acceptors (Lipinski definition) is 5. The Morgan fingerprint density at radius 1 is 1.30 bits per heavy atom. The van der Waals surface area contributed by atoms with Crippen LogP contribution in [0.25, 0.3) is 0 Å². The SMILES string of the molecule is COc1ccccc1N1CC[C@@H](Nc2cnccn2)C1. The number of benzene rings is 1. The van der Waals surface area contributed by atoms with Gasteiger partial charge in [0.25, 0.3) is 0 Å². The summed E-state index contributed by atoms with van der Waals surface area (Å²) in [4.78, 5) is 10.7. The van der Waals surface area contributed by atoms with Crippen molar-refractivity contribution in [3.63, 3.8) is 0 Å². The van der Waals surface area contributed by atoms with E-state index in [0.717, 1.165) is 36.8 Å². The monoisotopic (exact) mass is 270 g/mol. The van der Waals surface area contributed by atoms with Gasteiger partial charge in [0.1, 0.15) is 11.6 Å². The minimum absolute atomic E-state index is 0.386. The van der Waals surface area contributed by atoms with Crippen LogP contribution in [0.1, 0.15) is 6.42 Å². The Kier molecular flexibility index (Phi) is 3.67. The topological polar surface area (TPSA) is 50.3 Å². The van der Waals surface area contributed by atoms with Gasteiger partial charge in [-0.2, -0.15) is 0 Å². The van der Waals surface area contributed by atoms with Crippen LogP contribution < -0.4 is 15.0 Å². The quantitative estimate of drug-likeness (QED) is 0.922. The van der Waals surface area contributed by atoms with Crippen molar-refractivity contribution in [2.75, 3.05) is 30.4 Å². The van der Waals surface area contributed by atoms with Gasteiger partial charge in [-0.1, -0.05) is 12.1 Å². The van der Waals surface area contributed by atoms with E-state index in [2.05, 4.69) is 26.3 Å². The highest BCUT2D eigenvalue weighted by atomic mass is 16.5. The zero-order chi connectivity index (χ0) is 13.8. The van der Waals surface area contributed by atoms with Crippen molar-refractivity contribution in [2.45, 2.75) is 12.5 Å². The molecule has 1 saturated heterocycles. The summed E-state index contributed by atoms with van der Waals surface area (Å²) in [6.07, 6.45) is 6.22. The van der Waals surface area contributed by atoms with Crippen LogP contribution in [-0.2, 0) is 0 Å². The number of ether oxygens (including phenoxy) is 1. The zero-order valence-electron chi connectivity index (χ0n) is 11.5. The van der Waals surface area contributed by atoms with Crippen LogP contribution >= 0.6 is 0 Å². The van der Waals surface area contributed by atoms with Crippen LogP contribution in [0.5, 0.6) is 5.75 Å². The first-order valence-corrected chi connectivity index (χ1v) is 6.77. The van der Waals surface area contributed by atoms with Crippen molar-refractivity contribution in [2.24, 2.45) is 0 Å². The molecule has 20 heavy (non-hydrogen) atoms. The van der Waals surface area contributed by atoms with Crippen molar-refractivity contribution in [3.05, 3.63) is 42.9 Å². The average Bonchev–Trinajstić information content (AvgIpc) is 2.96. The molecule has 0 unspecified atom stereocenters. The predicted molar refractivity (Wildman–Crippen MR) is 79.3 cm³/mol. The van der Waals surface area contributed by atoms with Crippen LogP contribution in [0.2, 0.25) is 0 Å². The molecule has 1 N–H and O–H groups in total. The van der Waals surface area contributed by atoms with E-state index in [4.69, 9.17) is 4.74 Å². The molecule has 0 radical (unpaired) electrons. The molecular formula is C15H18N4O. The Morgan fingerprint density at radius 3 is 3.00 bits per heavy atom. The summed E-state index contributed by atoms with van der Waals surface area (Å²) < 4.78 is 5.43. The van der Waals surface area contributed by atoms with Gasteiger partial charge in [0.15, 0.2) is 0 Å². The summed E-state index contributed by atoms with van der Waals surface area (Å²) in [7, 11) is 1.71. The van der Waals surface area contributed by atoms with Gasteiger partial charge >= 0.3 is 0 Å². The van der Waals surface area contributed by atoms with Crippen molar-refractivity contribution in [3.8, 4) is 5.75 Å². The lowest BCUT2D eigenvalue weighted by molar-refractivity contribution is 0.415. The van der Waals surface area contributed by atoms with E-state index in [0.29, 0.717) is 6.04 Å². The normalized spacial score (nSPS) is 18.1. The number of para-hydroxylation sites is 2. The molecule has 0 saturated carbocycles. The average molecular weight is 270 g/mol. The van der Waals surface area contributed by atoms with E-state index in [-0.39, 0.29) is 0 Å². The van der Waals surface area contributed by atoms with Crippen LogP contribution in [0.15, 0.2) is 42.9 Å². The Labute approximate surface area is 118 Å². The molecular weight excluding hydrogens is 252 g/mol. The fourth-order valence-corrected chi connectivity index (χ4v) is 2.57. The first-order chi connectivity index (χ1) is 9.86. The number of rotatable bonds is 4. The summed E-state index contributed by atoms with van der Waals surface area (Å²) >= 11 is 0. The predicted octanol–water partition coefficient (Wildman–Crippen LogP) is 2.18. The third-order valence-electron chi connectivity index (χ3n) is 3.53. The maximum absolute atomic E-state index is 5.43. The Balaban J connectivity index is 1.67. The summed E-state index contributed by atoms with van der Waals surface area (Å²) in [5.74, 6) is 1.76. The maximum atomic E-state index is 5.43. The van der Waals surface area contributed by atoms with E-state index in [1.165, 1.54) is 0 Å². The number of anilines is 2. The molecule has 5 heteroatoms. The molecule has 1 aliphatic heterocycles. The molecule has 0 aliphatic carbocycles. The lowest BCUT2D eigenvalue weighted by Gasteiger charge is -2.21. The maximum Gasteiger partial charge on any atom is 0.144 e. The van der Waals surface area contributed by atoms with Gasteiger partial charge in [-0.05, 0) is 18.6 Å². The van der Waals surface area contributed by atoms with Gasteiger partial charge in [-0.15, -0.1) is 0 Å². The van der Waals surface area contributed by atoms with E-state index in [1.807, 2.05) is 18.2 Å².